The quantitative estimate of drug-likeness (QED) is 0.858. The van der Waals surface area contributed by atoms with Crippen LogP contribution >= 0.6 is 0 Å². The van der Waals surface area contributed by atoms with E-state index in [1.54, 1.807) is 24.3 Å². The van der Waals surface area contributed by atoms with E-state index in [-0.39, 0.29) is 6.04 Å². The van der Waals surface area contributed by atoms with Crippen molar-refractivity contribution in [1.82, 2.24) is 5.32 Å². The third-order valence-corrected chi connectivity index (χ3v) is 3.40. The average Bonchev–Trinajstić information content (AvgIpc) is 2.54. The molecule has 0 radical (unpaired) electrons. The number of carbonyl (C=O) groups excluding carboxylic acids is 1. The summed E-state index contributed by atoms with van der Waals surface area (Å²) < 4.78 is 30.8. The monoisotopic (exact) mass is 305 g/mol. The first-order valence-electron chi connectivity index (χ1n) is 6.87. The molecule has 0 bridgehead atoms. The van der Waals surface area contributed by atoms with Gasteiger partial charge < -0.3 is 10.1 Å². The average molecular weight is 305 g/mol. The number of hydrogen-bond donors (Lipinski definition) is 1. The van der Waals surface area contributed by atoms with E-state index in [1.807, 2.05) is 13.0 Å². The van der Waals surface area contributed by atoms with Crippen LogP contribution in [0.15, 0.2) is 42.5 Å². The Bertz CT molecular complexity index is 673. The second-order valence-corrected chi connectivity index (χ2v) is 4.97. The van der Waals surface area contributed by atoms with Crippen molar-refractivity contribution in [3.05, 3.63) is 70.8 Å². The Hall–Kier alpha value is -2.27. The van der Waals surface area contributed by atoms with Crippen molar-refractivity contribution >= 4 is 5.97 Å². The molecule has 2 aromatic carbocycles. The van der Waals surface area contributed by atoms with Crippen molar-refractivity contribution < 1.29 is 18.3 Å². The molecule has 0 spiro atoms. The third-order valence-electron chi connectivity index (χ3n) is 3.40. The van der Waals surface area contributed by atoms with Crippen LogP contribution in [0, 0.1) is 11.6 Å². The maximum atomic E-state index is 13.2. The topological polar surface area (TPSA) is 38.3 Å². The van der Waals surface area contributed by atoms with Crippen LogP contribution in [0.5, 0.6) is 0 Å². The zero-order chi connectivity index (χ0) is 16.1. The molecule has 3 nitrogen and oxygen atoms in total. The molecule has 0 aromatic heterocycles. The van der Waals surface area contributed by atoms with E-state index in [0.717, 1.165) is 11.6 Å². The van der Waals surface area contributed by atoms with Gasteiger partial charge in [-0.25, -0.2) is 13.6 Å². The zero-order valence-electron chi connectivity index (χ0n) is 12.4. The van der Waals surface area contributed by atoms with E-state index in [2.05, 4.69) is 10.1 Å². The molecule has 0 heterocycles. The number of hydrogen-bond acceptors (Lipinski definition) is 3. The molecule has 0 aliphatic carbocycles. The summed E-state index contributed by atoms with van der Waals surface area (Å²) in [6.07, 6.45) is 0. The highest BCUT2D eigenvalue weighted by atomic mass is 19.2. The lowest BCUT2D eigenvalue weighted by Gasteiger charge is -2.15. The number of ether oxygens (including phenoxy) is 1. The summed E-state index contributed by atoms with van der Waals surface area (Å²) in [5.41, 5.74) is 2.03. The summed E-state index contributed by atoms with van der Waals surface area (Å²) in [7, 11) is 1.33. The molecule has 2 rings (SSSR count). The third kappa shape index (κ3) is 3.89. The van der Waals surface area contributed by atoms with Gasteiger partial charge in [0.1, 0.15) is 0 Å². The Morgan fingerprint density at radius 2 is 1.95 bits per heavy atom. The molecule has 0 aliphatic heterocycles. The van der Waals surface area contributed by atoms with Gasteiger partial charge in [0, 0.05) is 12.6 Å². The first-order valence-corrected chi connectivity index (χ1v) is 6.87. The van der Waals surface area contributed by atoms with E-state index < -0.39 is 17.6 Å². The molecule has 5 heteroatoms. The lowest BCUT2D eigenvalue weighted by Crippen LogP contribution is -2.18. The van der Waals surface area contributed by atoms with Gasteiger partial charge in [0.2, 0.25) is 0 Å². The normalized spacial score (nSPS) is 12.0. The van der Waals surface area contributed by atoms with Crippen LogP contribution in [-0.4, -0.2) is 13.1 Å². The molecule has 0 saturated carbocycles. The fraction of sp³-hybridized carbons (Fsp3) is 0.235. The van der Waals surface area contributed by atoms with Crippen molar-refractivity contribution in [3.63, 3.8) is 0 Å². The van der Waals surface area contributed by atoms with Crippen LogP contribution in [0.4, 0.5) is 8.78 Å². The van der Waals surface area contributed by atoms with Gasteiger partial charge in [0.15, 0.2) is 11.6 Å². The highest BCUT2D eigenvalue weighted by Crippen LogP contribution is 2.17. The number of benzene rings is 2. The predicted octanol–water partition coefficient (Wildman–Crippen LogP) is 3.60. The summed E-state index contributed by atoms with van der Waals surface area (Å²) in [6, 6.07) is 10.7. The Morgan fingerprint density at radius 3 is 2.64 bits per heavy atom. The number of carbonyl (C=O) groups is 1. The van der Waals surface area contributed by atoms with E-state index in [1.165, 1.54) is 13.2 Å². The fourth-order valence-corrected chi connectivity index (χ4v) is 2.10. The van der Waals surface area contributed by atoms with Crippen molar-refractivity contribution in [2.75, 3.05) is 7.11 Å². The lowest BCUT2D eigenvalue weighted by atomic mass is 10.1. The molecule has 0 saturated heterocycles. The Morgan fingerprint density at radius 1 is 1.18 bits per heavy atom. The summed E-state index contributed by atoms with van der Waals surface area (Å²) in [5.74, 6) is -2.11. The molecule has 116 valence electrons. The van der Waals surface area contributed by atoms with Gasteiger partial charge in [0.05, 0.1) is 12.7 Å². The van der Waals surface area contributed by atoms with Crippen molar-refractivity contribution in [2.24, 2.45) is 0 Å². The number of nitrogens with one attached hydrogen (secondary N) is 1. The molecule has 0 aliphatic rings. The molecule has 1 N–H and O–H groups in total. The molecule has 0 amide bonds. The zero-order valence-corrected chi connectivity index (χ0v) is 12.4. The van der Waals surface area contributed by atoms with Gasteiger partial charge in [-0.1, -0.05) is 18.2 Å². The summed E-state index contributed by atoms with van der Waals surface area (Å²) in [6.45, 7) is 2.35. The van der Waals surface area contributed by atoms with Crippen LogP contribution in [0.2, 0.25) is 0 Å². The maximum Gasteiger partial charge on any atom is 0.337 e. The van der Waals surface area contributed by atoms with Crippen molar-refractivity contribution in [2.45, 2.75) is 19.5 Å². The summed E-state index contributed by atoms with van der Waals surface area (Å²) >= 11 is 0. The summed E-state index contributed by atoms with van der Waals surface area (Å²) in [5, 5.41) is 3.20. The number of esters is 1. The maximum absolute atomic E-state index is 13.2. The van der Waals surface area contributed by atoms with Gasteiger partial charge in [-0.2, -0.15) is 0 Å². The first-order chi connectivity index (χ1) is 10.5. The van der Waals surface area contributed by atoms with Gasteiger partial charge in [0.25, 0.3) is 0 Å². The van der Waals surface area contributed by atoms with Crippen molar-refractivity contribution in [1.29, 1.82) is 0 Å². The van der Waals surface area contributed by atoms with E-state index in [4.69, 9.17) is 0 Å². The highest BCUT2D eigenvalue weighted by molar-refractivity contribution is 5.89. The molecule has 0 unspecified atom stereocenters. The molecular weight excluding hydrogens is 288 g/mol. The predicted molar refractivity (Wildman–Crippen MR) is 79.4 cm³/mol. The number of rotatable bonds is 5. The van der Waals surface area contributed by atoms with E-state index in [0.29, 0.717) is 17.7 Å². The van der Waals surface area contributed by atoms with Gasteiger partial charge >= 0.3 is 5.97 Å². The van der Waals surface area contributed by atoms with Gasteiger partial charge in [-0.15, -0.1) is 0 Å². The summed E-state index contributed by atoms with van der Waals surface area (Å²) in [4.78, 5) is 11.5. The first kappa shape index (κ1) is 16.1. The number of halogens is 2. The van der Waals surface area contributed by atoms with Crippen LogP contribution in [-0.2, 0) is 11.3 Å². The highest BCUT2D eigenvalue weighted by Gasteiger charge is 2.10. The van der Waals surface area contributed by atoms with Gasteiger partial charge in [-0.3, -0.25) is 0 Å². The Balaban J connectivity index is 2.03. The van der Waals surface area contributed by atoms with Gasteiger partial charge in [-0.05, 0) is 42.3 Å². The Kier molecular flexibility index (Phi) is 5.22. The minimum atomic E-state index is -0.862. The molecule has 22 heavy (non-hydrogen) atoms. The van der Waals surface area contributed by atoms with Crippen LogP contribution in [0.3, 0.4) is 0 Å². The molecule has 2 aromatic rings. The Labute approximate surface area is 127 Å². The molecular formula is C17H17F2NO2. The number of methoxy groups -OCH3 is 1. The SMILES string of the molecule is COC(=O)c1cccc(CN[C@@H](C)c2ccc(F)c(F)c2)c1. The minimum Gasteiger partial charge on any atom is -0.465 e. The van der Waals surface area contributed by atoms with E-state index >= 15 is 0 Å². The van der Waals surface area contributed by atoms with Crippen LogP contribution in [0.25, 0.3) is 0 Å². The smallest absolute Gasteiger partial charge is 0.337 e. The van der Waals surface area contributed by atoms with Crippen molar-refractivity contribution in [3.8, 4) is 0 Å². The van der Waals surface area contributed by atoms with Crippen LogP contribution < -0.4 is 5.32 Å². The molecule has 0 fully saturated rings. The fourth-order valence-electron chi connectivity index (χ4n) is 2.10. The minimum absolute atomic E-state index is 0.156. The van der Waals surface area contributed by atoms with Crippen LogP contribution in [0.1, 0.15) is 34.5 Å². The second-order valence-electron chi connectivity index (χ2n) is 4.97. The molecule has 1 atom stereocenters. The van der Waals surface area contributed by atoms with E-state index in [9.17, 15) is 13.6 Å². The largest absolute Gasteiger partial charge is 0.465 e. The second kappa shape index (κ2) is 7.13. The standard InChI is InChI=1S/C17H17F2NO2/c1-11(13-6-7-15(18)16(19)9-13)20-10-12-4-3-5-14(8-12)17(21)22-2/h3-9,11,20H,10H2,1-2H3/t11-/m0/s1. The lowest BCUT2D eigenvalue weighted by molar-refractivity contribution is 0.0600.